The lowest BCUT2D eigenvalue weighted by atomic mass is 10.2. The number of hydrogen-bond donors (Lipinski definition) is 1. The minimum Gasteiger partial charge on any atom is -0.282 e. The standard InChI is InChI=1S/C7H5ClN2O7S/c1-3-2-4(9(11)12)5(8)6(10(13)14)7(3)18(15,16)17/h2H,1H3,(H,15,16,17). The quantitative estimate of drug-likeness (QED) is 0.508. The maximum Gasteiger partial charge on any atom is 0.316 e. The van der Waals surface area contributed by atoms with Crippen LogP contribution >= 0.6 is 11.6 Å². The molecule has 0 fully saturated rings. The van der Waals surface area contributed by atoms with E-state index in [4.69, 9.17) is 16.2 Å². The molecule has 0 atom stereocenters. The first-order valence-corrected chi connectivity index (χ1v) is 5.98. The van der Waals surface area contributed by atoms with Crippen LogP contribution in [-0.2, 0) is 10.1 Å². The second kappa shape index (κ2) is 4.48. The summed E-state index contributed by atoms with van der Waals surface area (Å²) in [5, 5.41) is 20.4. The van der Waals surface area contributed by atoms with Crippen molar-refractivity contribution in [3.8, 4) is 0 Å². The first-order valence-electron chi connectivity index (χ1n) is 4.16. The van der Waals surface area contributed by atoms with Gasteiger partial charge in [0.1, 0.15) is 0 Å². The zero-order valence-electron chi connectivity index (χ0n) is 8.65. The molecular formula is C7H5ClN2O7S. The van der Waals surface area contributed by atoms with Crippen LogP contribution in [0.15, 0.2) is 11.0 Å². The van der Waals surface area contributed by atoms with E-state index in [1.165, 1.54) is 0 Å². The number of nitro groups is 2. The van der Waals surface area contributed by atoms with Gasteiger partial charge in [0, 0.05) is 6.07 Å². The van der Waals surface area contributed by atoms with E-state index in [0.29, 0.717) is 0 Å². The van der Waals surface area contributed by atoms with Crippen molar-refractivity contribution in [2.24, 2.45) is 0 Å². The van der Waals surface area contributed by atoms with E-state index in [1.807, 2.05) is 0 Å². The number of nitro benzene ring substituents is 2. The molecule has 0 aliphatic rings. The lowest BCUT2D eigenvalue weighted by molar-refractivity contribution is -0.395. The second-order valence-electron chi connectivity index (χ2n) is 3.19. The molecule has 9 nitrogen and oxygen atoms in total. The van der Waals surface area contributed by atoms with Crippen LogP contribution in [0.4, 0.5) is 11.4 Å². The van der Waals surface area contributed by atoms with Crippen molar-refractivity contribution in [2.75, 3.05) is 0 Å². The molecular weight excluding hydrogens is 292 g/mol. The maximum absolute atomic E-state index is 11.0. The highest BCUT2D eigenvalue weighted by Crippen LogP contribution is 2.40. The SMILES string of the molecule is Cc1cc([N+](=O)[O-])c(Cl)c([N+](=O)[O-])c1S(=O)(=O)O. The summed E-state index contributed by atoms with van der Waals surface area (Å²) in [5.41, 5.74) is -2.38. The van der Waals surface area contributed by atoms with Gasteiger partial charge in [-0.2, -0.15) is 8.42 Å². The predicted octanol–water partition coefficient (Wildman–Crippen LogP) is 1.71. The number of halogens is 1. The van der Waals surface area contributed by atoms with Crippen LogP contribution in [0.3, 0.4) is 0 Å². The Hall–Kier alpha value is -1.78. The first-order chi connectivity index (χ1) is 8.07. The highest BCUT2D eigenvalue weighted by atomic mass is 35.5. The van der Waals surface area contributed by atoms with Gasteiger partial charge in [-0.05, 0) is 12.5 Å². The van der Waals surface area contributed by atoms with Crippen LogP contribution in [0.5, 0.6) is 0 Å². The molecule has 18 heavy (non-hydrogen) atoms. The molecule has 0 aliphatic carbocycles. The van der Waals surface area contributed by atoms with Gasteiger partial charge in [-0.3, -0.25) is 24.8 Å². The van der Waals surface area contributed by atoms with Crippen molar-refractivity contribution in [2.45, 2.75) is 11.8 Å². The van der Waals surface area contributed by atoms with Crippen LogP contribution < -0.4 is 0 Å². The summed E-state index contributed by atoms with van der Waals surface area (Å²) in [7, 11) is -4.92. The highest BCUT2D eigenvalue weighted by molar-refractivity contribution is 7.86. The van der Waals surface area contributed by atoms with Gasteiger partial charge in [-0.25, -0.2) is 0 Å². The van der Waals surface area contributed by atoms with Gasteiger partial charge in [0.05, 0.1) is 9.85 Å². The topological polar surface area (TPSA) is 141 Å². The average molecular weight is 297 g/mol. The summed E-state index contributed by atoms with van der Waals surface area (Å²) >= 11 is 5.42. The molecule has 0 unspecified atom stereocenters. The van der Waals surface area contributed by atoms with Gasteiger partial charge in [0.2, 0.25) is 0 Å². The molecule has 0 aromatic heterocycles. The van der Waals surface area contributed by atoms with Gasteiger partial charge in [-0.15, -0.1) is 0 Å². The number of nitrogens with zero attached hydrogens (tertiary/aromatic N) is 2. The minimum absolute atomic E-state index is 0.347. The van der Waals surface area contributed by atoms with Gasteiger partial charge < -0.3 is 0 Å². The maximum atomic E-state index is 11.0. The Morgan fingerprint density at radius 2 is 1.78 bits per heavy atom. The molecule has 0 amide bonds. The lowest BCUT2D eigenvalue weighted by Crippen LogP contribution is -2.08. The van der Waals surface area contributed by atoms with E-state index in [2.05, 4.69) is 0 Å². The fourth-order valence-electron chi connectivity index (χ4n) is 1.36. The highest BCUT2D eigenvalue weighted by Gasteiger charge is 2.35. The van der Waals surface area contributed by atoms with Crippen molar-refractivity contribution in [3.05, 3.63) is 36.9 Å². The molecule has 1 N–H and O–H groups in total. The Labute approximate surface area is 105 Å². The van der Waals surface area contributed by atoms with Crippen molar-refractivity contribution in [1.82, 2.24) is 0 Å². The van der Waals surface area contributed by atoms with E-state index in [1.54, 1.807) is 0 Å². The fraction of sp³-hybridized carbons (Fsp3) is 0.143. The third-order valence-corrected chi connectivity index (χ3v) is 3.40. The molecule has 0 bridgehead atoms. The van der Waals surface area contributed by atoms with Gasteiger partial charge in [0.25, 0.3) is 5.69 Å². The number of hydrogen-bond acceptors (Lipinski definition) is 6. The first kappa shape index (κ1) is 14.3. The average Bonchev–Trinajstić information content (AvgIpc) is 2.17. The Kier molecular flexibility index (Phi) is 3.55. The van der Waals surface area contributed by atoms with E-state index in [-0.39, 0.29) is 5.56 Å². The summed E-state index contributed by atoms with van der Waals surface area (Å²) in [4.78, 5) is 18.1. The predicted molar refractivity (Wildman–Crippen MR) is 59.3 cm³/mol. The number of rotatable bonds is 3. The molecule has 1 rings (SSSR count). The summed E-state index contributed by atoms with van der Waals surface area (Å²) < 4.78 is 31.0. The number of benzene rings is 1. The molecule has 11 heteroatoms. The molecule has 0 radical (unpaired) electrons. The van der Waals surface area contributed by atoms with Crippen LogP contribution in [0.1, 0.15) is 5.56 Å². The van der Waals surface area contributed by atoms with Crippen LogP contribution in [0, 0.1) is 27.2 Å². The lowest BCUT2D eigenvalue weighted by Gasteiger charge is -2.05. The third-order valence-electron chi connectivity index (χ3n) is 2.00. The van der Waals surface area contributed by atoms with Crippen LogP contribution in [0.2, 0.25) is 5.02 Å². The summed E-state index contributed by atoms with van der Waals surface area (Å²) in [6, 6.07) is 0.735. The van der Waals surface area contributed by atoms with E-state index >= 15 is 0 Å². The summed E-state index contributed by atoms with van der Waals surface area (Å²) in [6.45, 7) is 1.07. The smallest absolute Gasteiger partial charge is 0.282 e. The second-order valence-corrected chi connectivity index (χ2v) is 4.93. The Morgan fingerprint density at radius 3 is 2.11 bits per heavy atom. The molecule has 98 valence electrons. The minimum atomic E-state index is -4.92. The number of aryl methyl sites for hydroxylation is 1. The molecule has 1 aromatic carbocycles. The largest absolute Gasteiger partial charge is 0.316 e. The normalized spacial score (nSPS) is 11.3. The summed E-state index contributed by atoms with van der Waals surface area (Å²) in [6.07, 6.45) is 0. The molecule has 0 heterocycles. The van der Waals surface area contributed by atoms with E-state index < -0.39 is 41.3 Å². The zero-order chi connectivity index (χ0) is 14.2. The van der Waals surface area contributed by atoms with Gasteiger partial charge in [0.15, 0.2) is 9.92 Å². The van der Waals surface area contributed by atoms with Crippen molar-refractivity contribution < 1.29 is 22.8 Å². The van der Waals surface area contributed by atoms with E-state index in [0.717, 1.165) is 13.0 Å². The Balaban J connectivity index is 3.93. The van der Waals surface area contributed by atoms with Crippen LogP contribution in [-0.4, -0.2) is 22.8 Å². The Bertz CT molecular complexity index is 654. The van der Waals surface area contributed by atoms with Gasteiger partial charge >= 0.3 is 15.8 Å². The molecule has 0 saturated carbocycles. The van der Waals surface area contributed by atoms with Crippen molar-refractivity contribution in [1.29, 1.82) is 0 Å². The molecule has 0 aliphatic heterocycles. The fourth-order valence-corrected chi connectivity index (χ4v) is 2.59. The van der Waals surface area contributed by atoms with Crippen LogP contribution in [0.25, 0.3) is 0 Å². The summed E-state index contributed by atoms with van der Waals surface area (Å²) in [5.74, 6) is 0. The van der Waals surface area contributed by atoms with Crippen molar-refractivity contribution >= 4 is 33.1 Å². The van der Waals surface area contributed by atoms with Crippen molar-refractivity contribution in [3.63, 3.8) is 0 Å². The molecule has 0 saturated heterocycles. The van der Waals surface area contributed by atoms with E-state index in [9.17, 15) is 28.6 Å². The molecule has 1 aromatic rings. The monoisotopic (exact) mass is 296 g/mol. The molecule has 0 spiro atoms. The zero-order valence-corrected chi connectivity index (χ0v) is 10.2. The third kappa shape index (κ3) is 2.39. The van der Waals surface area contributed by atoms with Gasteiger partial charge in [-0.1, -0.05) is 11.6 Å². The Morgan fingerprint density at radius 1 is 1.28 bits per heavy atom.